The molecule has 1 aliphatic heterocycles. The van der Waals surface area contributed by atoms with Crippen molar-refractivity contribution < 1.29 is 4.79 Å². The SMILES string of the molecule is CCC(=O)Nc1ccc(C2CCCCN2C)cn1. The predicted molar refractivity (Wildman–Crippen MR) is 72.4 cm³/mol. The summed E-state index contributed by atoms with van der Waals surface area (Å²) >= 11 is 0. The quantitative estimate of drug-likeness (QED) is 0.893. The Morgan fingerprint density at radius 3 is 2.94 bits per heavy atom. The fraction of sp³-hybridized carbons (Fsp3) is 0.571. The van der Waals surface area contributed by atoms with Crippen LogP contribution in [0.2, 0.25) is 0 Å². The number of amides is 1. The number of carbonyl (C=O) groups excluding carboxylic acids is 1. The van der Waals surface area contributed by atoms with Gasteiger partial charge < -0.3 is 5.32 Å². The molecule has 1 saturated heterocycles. The van der Waals surface area contributed by atoms with Gasteiger partial charge in [0.2, 0.25) is 5.91 Å². The van der Waals surface area contributed by atoms with Gasteiger partial charge in [0.1, 0.15) is 5.82 Å². The summed E-state index contributed by atoms with van der Waals surface area (Å²) in [4.78, 5) is 18.0. The van der Waals surface area contributed by atoms with Crippen molar-refractivity contribution in [3.8, 4) is 0 Å². The highest BCUT2D eigenvalue weighted by Gasteiger charge is 2.20. The molecule has 0 aromatic carbocycles. The van der Waals surface area contributed by atoms with Gasteiger partial charge in [-0.05, 0) is 38.1 Å². The molecule has 1 atom stereocenters. The van der Waals surface area contributed by atoms with Crippen molar-refractivity contribution in [2.24, 2.45) is 0 Å². The Morgan fingerprint density at radius 2 is 2.33 bits per heavy atom. The minimum absolute atomic E-state index is 0.00466. The van der Waals surface area contributed by atoms with Gasteiger partial charge in [-0.15, -0.1) is 0 Å². The maximum atomic E-state index is 11.3. The Labute approximate surface area is 108 Å². The molecule has 2 heterocycles. The van der Waals surface area contributed by atoms with Gasteiger partial charge in [0.25, 0.3) is 0 Å². The smallest absolute Gasteiger partial charge is 0.225 e. The third kappa shape index (κ3) is 3.07. The van der Waals surface area contributed by atoms with E-state index in [4.69, 9.17) is 0 Å². The Hall–Kier alpha value is -1.42. The van der Waals surface area contributed by atoms with Crippen LogP contribution >= 0.6 is 0 Å². The van der Waals surface area contributed by atoms with E-state index < -0.39 is 0 Å². The lowest BCUT2D eigenvalue weighted by atomic mass is 9.97. The lowest BCUT2D eigenvalue weighted by Gasteiger charge is -2.32. The molecule has 4 nitrogen and oxygen atoms in total. The van der Waals surface area contributed by atoms with Crippen molar-refractivity contribution in [2.75, 3.05) is 18.9 Å². The highest BCUT2D eigenvalue weighted by molar-refractivity contribution is 5.89. The first-order valence-corrected chi connectivity index (χ1v) is 6.66. The zero-order valence-electron chi connectivity index (χ0n) is 11.1. The molecule has 0 saturated carbocycles. The number of rotatable bonds is 3. The van der Waals surface area contributed by atoms with E-state index in [0.29, 0.717) is 18.3 Å². The fourth-order valence-corrected chi connectivity index (χ4v) is 2.40. The van der Waals surface area contributed by atoms with E-state index in [2.05, 4.69) is 28.3 Å². The van der Waals surface area contributed by atoms with E-state index in [1.54, 1.807) is 0 Å². The highest BCUT2D eigenvalue weighted by Crippen LogP contribution is 2.29. The van der Waals surface area contributed by atoms with Crippen LogP contribution in [-0.4, -0.2) is 29.4 Å². The Balaban J connectivity index is 2.04. The molecule has 1 aromatic rings. The summed E-state index contributed by atoms with van der Waals surface area (Å²) in [7, 11) is 2.16. The van der Waals surface area contributed by atoms with Gasteiger partial charge in [0, 0.05) is 18.7 Å². The van der Waals surface area contributed by atoms with Gasteiger partial charge in [0.15, 0.2) is 0 Å². The maximum absolute atomic E-state index is 11.3. The van der Waals surface area contributed by atoms with E-state index in [1.165, 1.54) is 24.8 Å². The molecular weight excluding hydrogens is 226 g/mol. The Kier molecular flexibility index (Phi) is 4.31. The van der Waals surface area contributed by atoms with Crippen LogP contribution in [0, 0.1) is 0 Å². The molecule has 18 heavy (non-hydrogen) atoms. The van der Waals surface area contributed by atoms with Crippen LogP contribution in [0.5, 0.6) is 0 Å². The van der Waals surface area contributed by atoms with Crippen LogP contribution in [0.15, 0.2) is 18.3 Å². The van der Waals surface area contributed by atoms with Gasteiger partial charge in [-0.2, -0.15) is 0 Å². The molecule has 0 aliphatic carbocycles. The number of hydrogen-bond donors (Lipinski definition) is 1. The molecule has 1 aromatic heterocycles. The molecular formula is C14H21N3O. The number of anilines is 1. The monoisotopic (exact) mass is 247 g/mol. The molecule has 1 N–H and O–H groups in total. The summed E-state index contributed by atoms with van der Waals surface area (Å²) < 4.78 is 0. The first-order chi connectivity index (χ1) is 8.70. The van der Waals surface area contributed by atoms with Gasteiger partial charge >= 0.3 is 0 Å². The zero-order chi connectivity index (χ0) is 13.0. The van der Waals surface area contributed by atoms with Crippen LogP contribution in [-0.2, 0) is 4.79 Å². The number of hydrogen-bond acceptors (Lipinski definition) is 3. The van der Waals surface area contributed by atoms with Gasteiger partial charge in [0.05, 0.1) is 0 Å². The van der Waals surface area contributed by atoms with Gasteiger partial charge in [-0.1, -0.05) is 19.4 Å². The third-order valence-electron chi connectivity index (χ3n) is 3.53. The molecule has 0 spiro atoms. The van der Waals surface area contributed by atoms with Crippen molar-refractivity contribution >= 4 is 11.7 Å². The molecule has 0 bridgehead atoms. The normalized spacial score (nSPS) is 20.7. The summed E-state index contributed by atoms with van der Waals surface area (Å²) in [6.45, 7) is 2.99. The van der Waals surface area contributed by atoms with E-state index in [9.17, 15) is 4.79 Å². The largest absolute Gasteiger partial charge is 0.311 e. The molecule has 2 rings (SSSR count). The van der Waals surface area contributed by atoms with Crippen molar-refractivity contribution in [3.63, 3.8) is 0 Å². The number of nitrogens with zero attached hydrogens (tertiary/aromatic N) is 2. The first kappa shape index (κ1) is 13.0. The van der Waals surface area contributed by atoms with Crippen molar-refractivity contribution in [2.45, 2.75) is 38.6 Å². The van der Waals surface area contributed by atoms with Gasteiger partial charge in [-0.3, -0.25) is 9.69 Å². The zero-order valence-corrected chi connectivity index (χ0v) is 11.1. The number of carbonyl (C=O) groups is 1. The number of likely N-dealkylation sites (tertiary alicyclic amines) is 1. The summed E-state index contributed by atoms with van der Waals surface area (Å²) in [5.74, 6) is 0.647. The fourth-order valence-electron chi connectivity index (χ4n) is 2.40. The second-order valence-corrected chi connectivity index (χ2v) is 4.87. The summed E-state index contributed by atoms with van der Waals surface area (Å²) in [5.41, 5.74) is 1.24. The molecule has 1 unspecified atom stereocenters. The Morgan fingerprint density at radius 1 is 1.50 bits per heavy atom. The average molecular weight is 247 g/mol. The number of pyridine rings is 1. The molecule has 98 valence electrons. The van der Waals surface area contributed by atoms with E-state index in [-0.39, 0.29) is 5.91 Å². The summed E-state index contributed by atoms with van der Waals surface area (Å²) in [5, 5.41) is 2.77. The molecule has 0 radical (unpaired) electrons. The molecule has 1 aliphatic rings. The highest BCUT2D eigenvalue weighted by atomic mass is 16.1. The lowest BCUT2D eigenvalue weighted by molar-refractivity contribution is -0.115. The average Bonchev–Trinajstić information content (AvgIpc) is 2.40. The first-order valence-electron chi connectivity index (χ1n) is 6.66. The standard InChI is InChI=1S/C14H21N3O/c1-3-14(18)16-13-8-7-11(10-15-13)12-6-4-5-9-17(12)2/h7-8,10,12H,3-6,9H2,1-2H3,(H,15,16,18). The van der Waals surface area contributed by atoms with Gasteiger partial charge in [-0.25, -0.2) is 4.98 Å². The lowest BCUT2D eigenvalue weighted by Crippen LogP contribution is -2.29. The summed E-state index contributed by atoms with van der Waals surface area (Å²) in [6, 6.07) is 4.44. The number of nitrogens with one attached hydrogen (secondary N) is 1. The predicted octanol–water partition coefficient (Wildman–Crippen LogP) is 2.59. The van der Waals surface area contributed by atoms with Crippen LogP contribution in [0.4, 0.5) is 5.82 Å². The topological polar surface area (TPSA) is 45.2 Å². The molecule has 1 fully saturated rings. The van der Waals surface area contributed by atoms with Crippen LogP contribution in [0.25, 0.3) is 0 Å². The number of piperidine rings is 1. The van der Waals surface area contributed by atoms with E-state index in [0.717, 1.165) is 6.54 Å². The number of aromatic nitrogens is 1. The molecule has 1 amide bonds. The van der Waals surface area contributed by atoms with Crippen molar-refractivity contribution in [1.29, 1.82) is 0 Å². The summed E-state index contributed by atoms with van der Waals surface area (Å²) in [6.07, 6.45) is 6.12. The second kappa shape index (κ2) is 5.96. The van der Waals surface area contributed by atoms with E-state index >= 15 is 0 Å². The van der Waals surface area contributed by atoms with Crippen LogP contribution in [0.3, 0.4) is 0 Å². The van der Waals surface area contributed by atoms with Crippen molar-refractivity contribution in [3.05, 3.63) is 23.9 Å². The van der Waals surface area contributed by atoms with Crippen LogP contribution < -0.4 is 5.32 Å². The van der Waals surface area contributed by atoms with E-state index in [1.807, 2.05) is 19.2 Å². The Bertz CT molecular complexity index is 402. The second-order valence-electron chi connectivity index (χ2n) is 4.87. The van der Waals surface area contributed by atoms with Crippen LogP contribution in [0.1, 0.15) is 44.2 Å². The minimum Gasteiger partial charge on any atom is -0.311 e. The third-order valence-corrected chi connectivity index (χ3v) is 3.53. The molecule has 4 heteroatoms. The minimum atomic E-state index is 0.00466. The van der Waals surface area contributed by atoms with Crippen molar-refractivity contribution in [1.82, 2.24) is 9.88 Å². The maximum Gasteiger partial charge on any atom is 0.225 e.